The summed E-state index contributed by atoms with van der Waals surface area (Å²) in [5.41, 5.74) is 5.03. The summed E-state index contributed by atoms with van der Waals surface area (Å²) in [5, 5.41) is 7.56. The van der Waals surface area contributed by atoms with Crippen LogP contribution < -0.4 is 10.6 Å². The lowest BCUT2D eigenvalue weighted by molar-refractivity contribution is 1.29. The molecule has 0 saturated heterocycles. The third-order valence-corrected chi connectivity index (χ3v) is 3.55. The Morgan fingerprint density at radius 3 is 2.64 bits per heavy atom. The second kappa shape index (κ2) is 5.85. The first kappa shape index (κ1) is 14.1. The lowest BCUT2D eigenvalue weighted by Crippen LogP contribution is -1.96. The molecule has 0 fully saturated rings. The summed E-state index contributed by atoms with van der Waals surface area (Å²) in [5.74, 6) is 0.798. The standard InChI is InChI=1S/C18H18N4/c1-12(2)13-4-7-18(21-11-13)22-17-8-9-20-16-6-5-14(19-3)10-15(16)17/h4-11,19H,1H2,2-3H3,(H,20,21,22). The number of hydrogen-bond donors (Lipinski definition) is 2. The Kier molecular flexibility index (Phi) is 3.74. The number of nitrogens with one attached hydrogen (secondary N) is 2. The molecule has 4 nitrogen and oxygen atoms in total. The molecule has 0 atom stereocenters. The fourth-order valence-corrected chi connectivity index (χ4v) is 2.27. The van der Waals surface area contributed by atoms with Gasteiger partial charge in [0, 0.05) is 30.5 Å². The Morgan fingerprint density at radius 2 is 1.95 bits per heavy atom. The van der Waals surface area contributed by atoms with Gasteiger partial charge in [0.2, 0.25) is 0 Å². The van der Waals surface area contributed by atoms with E-state index in [1.165, 1.54) is 0 Å². The van der Waals surface area contributed by atoms with E-state index in [-0.39, 0.29) is 0 Å². The van der Waals surface area contributed by atoms with Gasteiger partial charge in [-0.25, -0.2) is 4.98 Å². The molecule has 22 heavy (non-hydrogen) atoms. The minimum absolute atomic E-state index is 0.798. The molecule has 2 aromatic heterocycles. The van der Waals surface area contributed by atoms with Crippen LogP contribution in [-0.2, 0) is 0 Å². The highest BCUT2D eigenvalue weighted by molar-refractivity contribution is 5.94. The summed E-state index contributed by atoms with van der Waals surface area (Å²) in [6.45, 7) is 5.90. The van der Waals surface area contributed by atoms with Crippen LogP contribution in [-0.4, -0.2) is 17.0 Å². The van der Waals surface area contributed by atoms with Crippen LogP contribution in [0.2, 0.25) is 0 Å². The number of benzene rings is 1. The van der Waals surface area contributed by atoms with Gasteiger partial charge >= 0.3 is 0 Å². The van der Waals surface area contributed by atoms with E-state index in [2.05, 4.69) is 33.2 Å². The van der Waals surface area contributed by atoms with Crippen molar-refractivity contribution in [1.82, 2.24) is 9.97 Å². The van der Waals surface area contributed by atoms with Crippen LogP contribution in [0.4, 0.5) is 17.2 Å². The van der Waals surface area contributed by atoms with Crippen LogP contribution in [0.3, 0.4) is 0 Å². The van der Waals surface area contributed by atoms with Crippen LogP contribution in [0.1, 0.15) is 12.5 Å². The molecule has 3 rings (SSSR count). The molecule has 4 heteroatoms. The zero-order valence-corrected chi connectivity index (χ0v) is 12.7. The maximum absolute atomic E-state index is 4.44. The van der Waals surface area contributed by atoms with Crippen molar-refractivity contribution in [1.29, 1.82) is 0 Å². The van der Waals surface area contributed by atoms with Crippen molar-refractivity contribution in [2.75, 3.05) is 17.7 Å². The maximum Gasteiger partial charge on any atom is 0.130 e. The molecule has 0 unspecified atom stereocenters. The zero-order valence-electron chi connectivity index (χ0n) is 12.7. The Morgan fingerprint density at radius 1 is 1.09 bits per heavy atom. The van der Waals surface area contributed by atoms with Gasteiger partial charge < -0.3 is 10.6 Å². The van der Waals surface area contributed by atoms with Crippen molar-refractivity contribution in [2.45, 2.75) is 6.92 Å². The first-order valence-electron chi connectivity index (χ1n) is 7.13. The fraction of sp³-hybridized carbons (Fsp3) is 0.111. The minimum atomic E-state index is 0.798. The molecule has 1 aromatic carbocycles. The molecule has 0 aliphatic carbocycles. The summed E-state index contributed by atoms with van der Waals surface area (Å²) in [4.78, 5) is 8.83. The number of anilines is 3. The zero-order chi connectivity index (χ0) is 15.5. The number of rotatable bonds is 4. The minimum Gasteiger partial charge on any atom is -0.388 e. The molecule has 0 bridgehead atoms. The molecule has 3 aromatic rings. The summed E-state index contributed by atoms with van der Waals surface area (Å²) in [6, 6.07) is 12.0. The van der Waals surface area contributed by atoms with Crippen molar-refractivity contribution >= 4 is 33.7 Å². The van der Waals surface area contributed by atoms with Crippen LogP contribution >= 0.6 is 0 Å². The molecule has 2 heterocycles. The topological polar surface area (TPSA) is 49.8 Å². The maximum atomic E-state index is 4.44. The number of pyridine rings is 2. The van der Waals surface area contributed by atoms with Crippen LogP contribution in [0.15, 0.2) is 55.4 Å². The third kappa shape index (κ3) is 2.76. The average molecular weight is 290 g/mol. The van der Waals surface area contributed by atoms with Crippen LogP contribution in [0.5, 0.6) is 0 Å². The molecule has 0 amide bonds. The first-order valence-corrected chi connectivity index (χ1v) is 7.13. The highest BCUT2D eigenvalue weighted by Crippen LogP contribution is 2.27. The van der Waals surface area contributed by atoms with Gasteiger partial charge in [-0.1, -0.05) is 6.58 Å². The van der Waals surface area contributed by atoms with Gasteiger partial charge in [-0.3, -0.25) is 4.98 Å². The molecular weight excluding hydrogens is 272 g/mol. The van der Waals surface area contributed by atoms with Crippen molar-refractivity contribution in [3.05, 3.63) is 60.9 Å². The molecule has 0 aliphatic rings. The van der Waals surface area contributed by atoms with E-state index in [0.29, 0.717) is 0 Å². The Labute approximate surface area is 129 Å². The van der Waals surface area contributed by atoms with Crippen molar-refractivity contribution in [2.24, 2.45) is 0 Å². The molecular formula is C18H18N4. The predicted molar refractivity (Wildman–Crippen MR) is 93.5 cm³/mol. The van der Waals surface area contributed by atoms with Gasteiger partial charge in [0.25, 0.3) is 0 Å². The molecule has 0 aliphatic heterocycles. The van der Waals surface area contributed by atoms with Crippen molar-refractivity contribution in [3.8, 4) is 0 Å². The smallest absolute Gasteiger partial charge is 0.130 e. The Hall–Kier alpha value is -2.88. The number of nitrogens with zero attached hydrogens (tertiary/aromatic N) is 2. The Balaban J connectivity index is 1.97. The lowest BCUT2D eigenvalue weighted by Gasteiger charge is -2.10. The lowest BCUT2D eigenvalue weighted by atomic mass is 10.1. The van der Waals surface area contributed by atoms with Crippen molar-refractivity contribution < 1.29 is 0 Å². The van der Waals surface area contributed by atoms with Gasteiger partial charge in [0.15, 0.2) is 0 Å². The van der Waals surface area contributed by atoms with Crippen LogP contribution in [0, 0.1) is 0 Å². The predicted octanol–water partition coefficient (Wildman–Crippen LogP) is 4.45. The highest BCUT2D eigenvalue weighted by atomic mass is 15.0. The summed E-state index contributed by atoms with van der Waals surface area (Å²) in [6.07, 6.45) is 3.62. The number of fused-ring (bicyclic) bond motifs is 1. The quantitative estimate of drug-likeness (QED) is 0.745. The fourth-order valence-electron chi connectivity index (χ4n) is 2.27. The largest absolute Gasteiger partial charge is 0.388 e. The van der Waals surface area contributed by atoms with E-state index >= 15 is 0 Å². The molecule has 0 radical (unpaired) electrons. The van der Waals surface area contributed by atoms with Gasteiger partial charge in [0.05, 0.1) is 11.2 Å². The number of hydrogen-bond acceptors (Lipinski definition) is 4. The summed E-state index contributed by atoms with van der Waals surface area (Å²) >= 11 is 0. The van der Waals surface area contributed by atoms with E-state index in [9.17, 15) is 0 Å². The summed E-state index contributed by atoms with van der Waals surface area (Å²) in [7, 11) is 1.91. The average Bonchev–Trinajstić information content (AvgIpc) is 2.55. The third-order valence-electron chi connectivity index (χ3n) is 3.55. The number of aromatic nitrogens is 2. The second-order valence-electron chi connectivity index (χ2n) is 5.18. The summed E-state index contributed by atoms with van der Waals surface area (Å²) < 4.78 is 0. The van der Waals surface area contributed by atoms with E-state index in [1.807, 2.05) is 50.5 Å². The molecule has 0 spiro atoms. The van der Waals surface area contributed by atoms with Crippen LogP contribution in [0.25, 0.3) is 16.5 Å². The van der Waals surface area contributed by atoms with Gasteiger partial charge in [-0.2, -0.15) is 0 Å². The molecule has 0 saturated carbocycles. The second-order valence-corrected chi connectivity index (χ2v) is 5.18. The van der Waals surface area contributed by atoms with Gasteiger partial charge in [-0.05, 0) is 54.5 Å². The van der Waals surface area contributed by atoms with E-state index in [4.69, 9.17) is 0 Å². The number of allylic oxidation sites excluding steroid dienone is 1. The first-order chi connectivity index (χ1) is 10.7. The Bertz CT molecular complexity index is 822. The highest BCUT2D eigenvalue weighted by Gasteiger charge is 2.04. The van der Waals surface area contributed by atoms with E-state index < -0.39 is 0 Å². The SMILES string of the molecule is C=C(C)c1ccc(Nc2ccnc3ccc(NC)cc23)nc1. The normalized spacial score (nSPS) is 10.5. The van der Waals surface area contributed by atoms with Gasteiger partial charge in [-0.15, -0.1) is 0 Å². The van der Waals surface area contributed by atoms with Gasteiger partial charge in [0.1, 0.15) is 5.82 Å². The molecule has 2 N–H and O–H groups in total. The monoisotopic (exact) mass is 290 g/mol. The van der Waals surface area contributed by atoms with E-state index in [0.717, 1.165) is 39.2 Å². The van der Waals surface area contributed by atoms with E-state index in [1.54, 1.807) is 6.20 Å². The van der Waals surface area contributed by atoms with Crippen molar-refractivity contribution in [3.63, 3.8) is 0 Å². The molecule has 110 valence electrons.